The number of benzene rings is 2. The Morgan fingerprint density at radius 2 is 1.56 bits per heavy atom. The smallest absolute Gasteiger partial charge is 0.230 e. The van der Waals surface area contributed by atoms with Crippen LogP contribution in [0.1, 0.15) is 58.8 Å². The van der Waals surface area contributed by atoms with Gasteiger partial charge in [-0.3, -0.25) is 9.59 Å². The van der Waals surface area contributed by atoms with Crippen LogP contribution < -0.4 is 10.6 Å². The first-order valence-electron chi connectivity index (χ1n) is 12.9. The predicted octanol–water partition coefficient (Wildman–Crippen LogP) is 4.62. The summed E-state index contributed by atoms with van der Waals surface area (Å²) in [6, 6.07) is 18.8. The van der Waals surface area contributed by atoms with E-state index >= 15 is 0 Å². The van der Waals surface area contributed by atoms with Crippen molar-refractivity contribution in [2.24, 2.45) is 0 Å². The van der Waals surface area contributed by atoms with Gasteiger partial charge in [-0.2, -0.15) is 5.10 Å². The molecule has 0 saturated carbocycles. The number of hydrogen-bond acceptors (Lipinski definition) is 8. The Morgan fingerprint density at radius 1 is 0.846 bits per heavy atom. The summed E-state index contributed by atoms with van der Waals surface area (Å²) in [5.74, 6) is 0.107. The van der Waals surface area contributed by atoms with Crippen molar-refractivity contribution < 1.29 is 14.7 Å². The van der Waals surface area contributed by atoms with Crippen molar-refractivity contribution in [2.45, 2.75) is 58.5 Å². The molecule has 0 aliphatic heterocycles. The minimum absolute atomic E-state index is 0.105. The van der Waals surface area contributed by atoms with Gasteiger partial charge in [-0.25, -0.2) is 0 Å². The summed E-state index contributed by atoms with van der Waals surface area (Å²) in [7, 11) is 0. The number of rotatable bonds is 12. The van der Waals surface area contributed by atoms with E-state index in [0.717, 1.165) is 58.6 Å². The fourth-order valence-electron chi connectivity index (χ4n) is 4.05. The Labute approximate surface area is 231 Å². The van der Waals surface area contributed by atoms with E-state index in [1.165, 1.54) is 11.3 Å². The zero-order valence-corrected chi connectivity index (χ0v) is 22.9. The summed E-state index contributed by atoms with van der Waals surface area (Å²) in [5, 5.41) is 33.3. The molecule has 2 heterocycles. The third kappa shape index (κ3) is 9.05. The number of nitrogens with one attached hydrogen (secondary N) is 2. The van der Waals surface area contributed by atoms with Crippen molar-refractivity contribution in [3.05, 3.63) is 93.6 Å². The average Bonchev–Trinajstić information content (AvgIpc) is 3.34. The molecule has 2 aromatic carbocycles. The Kier molecular flexibility index (Phi) is 9.82. The molecule has 1 atom stereocenters. The maximum atomic E-state index is 12.4. The number of amides is 2. The van der Waals surface area contributed by atoms with Gasteiger partial charge in [-0.05, 0) is 61.9 Å². The molecule has 0 radical (unpaired) electrons. The first-order chi connectivity index (χ1) is 18.8. The first-order valence-corrected chi connectivity index (χ1v) is 13.7. The molecule has 4 aromatic rings. The number of aromatic nitrogens is 4. The van der Waals surface area contributed by atoms with Gasteiger partial charge in [-0.15, -0.1) is 15.3 Å². The van der Waals surface area contributed by atoms with Crippen LogP contribution in [-0.4, -0.2) is 37.3 Å². The van der Waals surface area contributed by atoms with Crippen molar-refractivity contribution in [1.82, 2.24) is 20.4 Å². The zero-order chi connectivity index (χ0) is 27.6. The second-order valence-electron chi connectivity index (χ2n) is 9.48. The third-order valence-electron chi connectivity index (χ3n) is 6.02. The van der Waals surface area contributed by atoms with Crippen LogP contribution in [-0.2, 0) is 35.3 Å². The number of aliphatic hydroxyl groups excluding tert-OH is 1. The molecule has 10 heteroatoms. The lowest BCUT2D eigenvalue weighted by atomic mass is 10.0. The van der Waals surface area contributed by atoms with Gasteiger partial charge < -0.3 is 15.7 Å². The normalized spacial score (nSPS) is 11.7. The van der Waals surface area contributed by atoms with Crippen LogP contribution in [0.4, 0.5) is 10.9 Å². The van der Waals surface area contributed by atoms with Crippen LogP contribution in [0.2, 0.25) is 0 Å². The highest BCUT2D eigenvalue weighted by Gasteiger charge is 2.10. The monoisotopic (exact) mass is 544 g/mol. The second-order valence-corrected chi connectivity index (χ2v) is 10.5. The van der Waals surface area contributed by atoms with Crippen LogP contribution in [0.5, 0.6) is 0 Å². The van der Waals surface area contributed by atoms with Gasteiger partial charge >= 0.3 is 0 Å². The molecule has 0 saturated heterocycles. The Balaban J connectivity index is 1.16. The number of hydrogen-bond donors (Lipinski definition) is 3. The Morgan fingerprint density at radius 3 is 2.28 bits per heavy atom. The molecule has 2 amide bonds. The van der Waals surface area contributed by atoms with Gasteiger partial charge in [0.25, 0.3) is 0 Å². The fourth-order valence-corrected chi connectivity index (χ4v) is 4.85. The molecule has 1 unspecified atom stereocenters. The highest BCUT2D eigenvalue weighted by atomic mass is 32.1. The summed E-state index contributed by atoms with van der Waals surface area (Å²) < 4.78 is 0. The number of carbonyl (C=O) groups excluding carboxylic acids is 2. The molecule has 9 nitrogen and oxygen atoms in total. The Bertz CT molecular complexity index is 1400. The molecule has 202 valence electrons. The first kappa shape index (κ1) is 28.0. The van der Waals surface area contributed by atoms with Crippen molar-refractivity contribution in [3.63, 3.8) is 0 Å². The van der Waals surface area contributed by atoms with Crippen LogP contribution in [0.3, 0.4) is 0 Å². The van der Waals surface area contributed by atoms with E-state index in [1.54, 1.807) is 13.0 Å². The number of nitrogens with zero attached hydrogens (tertiary/aromatic N) is 4. The van der Waals surface area contributed by atoms with E-state index in [9.17, 15) is 14.7 Å². The van der Waals surface area contributed by atoms with Gasteiger partial charge in [0.2, 0.25) is 16.9 Å². The summed E-state index contributed by atoms with van der Waals surface area (Å²) >= 11 is 1.40. The van der Waals surface area contributed by atoms with Gasteiger partial charge in [0, 0.05) is 6.42 Å². The molecule has 3 N–H and O–H groups in total. The van der Waals surface area contributed by atoms with E-state index in [2.05, 4.69) is 31.0 Å². The van der Waals surface area contributed by atoms with Gasteiger partial charge in [-0.1, -0.05) is 65.4 Å². The third-order valence-corrected chi connectivity index (χ3v) is 6.92. The summed E-state index contributed by atoms with van der Waals surface area (Å²) in [6.45, 7) is 3.70. The van der Waals surface area contributed by atoms with E-state index in [-0.39, 0.29) is 18.2 Å². The zero-order valence-electron chi connectivity index (χ0n) is 22.1. The minimum atomic E-state index is -0.579. The highest BCUT2D eigenvalue weighted by molar-refractivity contribution is 7.15. The molecular formula is C29H32N6O3S. The van der Waals surface area contributed by atoms with E-state index < -0.39 is 6.10 Å². The SMILES string of the molecule is Cc1cccc(CC(=O)Nc2nnc(CCCCc3ccc(NC(=O)Cc4cccc(C(C)O)c4)nn3)s2)c1. The van der Waals surface area contributed by atoms with Crippen molar-refractivity contribution in [1.29, 1.82) is 0 Å². The fraction of sp³-hybridized carbons (Fsp3) is 0.310. The molecule has 4 rings (SSSR count). The summed E-state index contributed by atoms with van der Waals surface area (Å²) in [4.78, 5) is 24.7. The number of aliphatic hydroxyl groups is 1. The molecule has 2 aromatic heterocycles. The minimum Gasteiger partial charge on any atom is -0.389 e. The molecule has 39 heavy (non-hydrogen) atoms. The van der Waals surface area contributed by atoms with Crippen LogP contribution in [0.25, 0.3) is 0 Å². The number of unbranched alkanes of at least 4 members (excludes halogenated alkanes) is 1. The average molecular weight is 545 g/mol. The maximum absolute atomic E-state index is 12.4. The van der Waals surface area contributed by atoms with E-state index in [4.69, 9.17) is 0 Å². The highest BCUT2D eigenvalue weighted by Crippen LogP contribution is 2.19. The van der Waals surface area contributed by atoms with Crippen molar-refractivity contribution >= 4 is 34.1 Å². The van der Waals surface area contributed by atoms with Gasteiger partial charge in [0.15, 0.2) is 5.82 Å². The summed E-state index contributed by atoms with van der Waals surface area (Å²) in [5.41, 5.74) is 4.53. The summed E-state index contributed by atoms with van der Waals surface area (Å²) in [6.07, 6.45) is 3.23. The standard InChI is InChI=1S/C29H32N6O3S/c1-19-7-5-8-21(15-19)17-27(38)31-29-35-34-28(39-29)12-4-3-11-24-13-14-25(33-32-24)30-26(37)18-22-9-6-10-23(16-22)20(2)36/h5-10,13-16,20,36H,3-4,11-12,17-18H2,1-2H3,(H,30,33,37)(H,31,35,38). The maximum Gasteiger partial charge on any atom is 0.230 e. The molecular weight excluding hydrogens is 512 g/mol. The van der Waals surface area contributed by atoms with E-state index in [0.29, 0.717) is 17.4 Å². The lowest BCUT2D eigenvalue weighted by Crippen LogP contribution is -2.16. The topological polar surface area (TPSA) is 130 Å². The van der Waals surface area contributed by atoms with Crippen molar-refractivity contribution in [2.75, 3.05) is 10.6 Å². The number of aryl methyl sites for hydroxylation is 3. The molecule has 0 bridgehead atoms. The van der Waals surface area contributed by atoms with Crippen molar-refractivity contribution in [3.8, 4) is 0 Å². The largest absolute Gasteiger partial charge is 0.389 e. The predicted molar refractivity (Wildman–Crippen MR) is 152 cm³/mol. The number of carbonyl (C=O) groups is 2. The molecule has 0 aliphatic rings. The van der Waals surface area contributed by atoms with E-state index in [1.807, 2.05) is 61.5 Å². The molecule has 0 fully saturated rings. The van der Waals surface area contributed by atoms with Gasteiger partial charge in [0.05, 0.1) is 24.6 Å². The lowest BCUT2D eigenvalue weighted by molar-refractivity contribution is -0.116. The van der Waals surface area contributed by atoms with Crippen LogP contribution >= 0.6 is 11.3 Å². The molecule has 0 spiro atoms. The van der Waals surface area contributed by atoms with Gasteiger partial charge in [0.1, 0.15) is 5.01 Å². The number of anilines is 2. The van der Waals surface area contributed by atoms with Crippen LogP contribution in [0, 0.1) is 6.92 Å². The van der Waals surface area contributed by atoms with Crippen LogP contribution in [0.15, 0.2) is 60.7 Å². The quantitative estimate of drug-likeness (QED) is 0.222. The lowest BCUT2D eigenvalue weighted by Gasteiger charge is -2.08. The second kappa shape index (κ2) is 13.7. The molecule has 0 aliphatic carbocycles. The Hall–Kier alpha value is -4.02.